The van der Waals surface area contributed by atoms with E-state index in [0.29, 0.717) is 16.7 Å². The largest absolute Gasteiger partial charge is 0.388 e. The van der Waals surface area contributed by atoms with Crippen LogP contribution in [0.15, 0.2) is 45.3 Å². The molecule has 0 aromatic rings. The van der Waals surface area contributed by atoms with Crippen LogP contribution in [-0.4, -0.2) is 70.3 Å². The van der Waals surface area contributed by atoms with Crippen molar-refractivity contribution in [2.45, 2.75) is 87.4 Å². The van der Waals surface area contributed by atoms with Crippen molar-refractivity contribution in [1.29, 1.82) is 0 Å². The lowest BCUT2D eigenvalue weighted by molar-refractivity contribution is 0.0359. The number of halogens is 2. The summed E-state index contributed by atoms with van der Waals surface area (Å²) in [7, 11) is 1.83. The molecule has 2 aliphatic heterocycles. The van der Waals surface area contributed by atoms with Gasteiger partial charge in [0.25, 0.3) is 0 Å². The Balaban J connectivity index is 1.28. The molecule has 0 bridgehead atoms. The fourth-order valence-electron chi connectivity index (χ4n) is 5.33. The number of allylic oxidation sites excluding steroid dienone is 3. The lowest BCUT2D eigenvalue weighted by atomic mass is 9.88. The van der Waals surface area contributed by atoms with Gasteiger partial charge in [-0.1, -0.05) is 31.2 Å². The van der Waals surface area contributed by atoms with Crippen molar-refractivity contribution in [1.82, 2.24) is 15.6 Å². The van der Waals surface area contributed by atoms with Gasteiger partial charge in [0.1, 0.15) is 22.5 Å². The van der Waals surface area contributed by atoms with Crippen LogP contribution in [0.25, 0.3) is 0 Å². The molecule has 3 aliphatic carbocycles. The van der Waals surface area contributed by atoms with E-state index in [1.807, 2.05) is 20.0 Å². The van der Waals surface area contributed by atoms with Gasteiger partial charge in [0.2, 0.25) is 0 Å². The zero-order valence-electron chi connectivity index (χ0n) is 19.1. The number of nitrogens with one attached hydrogen (secondary N) is 2. The summed E-state index contributed by atoms with van der Waals surface area (Å²) in [6, 6.07) is 0.119. The summed E-state index contributed by atoms with van der Waals surface area (Å²) < 4.78 is 30.4. The summed E-state index contributed by atoms with van der Waals surface area (Å²) in [6.45, 7) is 2.04. The fourth-order valence-corrected chi connectivity index (χ4v) is 6.58. The smallest absolute Gasteiger partial charge is 0.150 e. The summed E-state index contributed by atoms with van der Waals surface area (Å²) in [6.07, 6.45) is 10.5. The molecule has 0 amide bonds. The van der Waals surface area contributed by atoms with E-state index >= 15 is 8.78 Å². The first-order valence-corrected chi connectivity index (χ1v) is 13.0. The first kappa shape index (κ1) is 23.2. The minimum atomic E-state index is -0.938. The van der Waals surface area contributed by atoms with Gasteiger partial charge < -0.3 is 10.4 Å². The Kier molecular flexibility index (Phi) is 6.75. The second-order valence-electron chi connectivity index (χ2n) is 9.55. The van der Waals surface area contributed by atoms with E-state index in [9.17, 15) is 5.11 Å². The van der Waals surface area contributed by atoms with Crippen molar-refractivity contribution >= 4 is 23.0 Å². The van der Waals surface area contributed by atoms with Gasteiger partial charge in [0, 0.05) is 35.5 Å². The summed E-state index contributed by atoms with van der Waals surface area (Å²) in [5.41, 5.74) is 4.08. The minimum Gasteiger partial charge on any atom is -0.388 e. The highest BCUT2D eigenvalue weighted by atomic mass is 32.2. The van der Waals surface area contributed by atoms with Crippen LogP contribution in [0.3, 0.4) is 0 Å². The molecule has 2 heterocycles. The number of thioether (sulfide) groups is 1. The third-order valence-electron chi connectivity index (χ3n) is 7.36. The second-order valence-corrected chi connectivity index (χ2v) is 10.7. The molecule has 6 unspecified atom stereocenters. The molecule has 5 rings (SSSR count). The Morgan fingerprint density at radius 1 is 1.24 bits per heavy atom. The average Bonchev–Trinajstić information content (AvgIpc) is 3.32. The molecule has 180 valence electrons. The zero-order chi connectivity index (χ0) is 23.1. The summed E-state index contributed by atoms with van der Waals surface area (Å²) in [4.78, 5) is 6.61. The Hall–Kier alpha value is -1.55. The molecule has 0 saturated heterocycles. The van der Waals surface area contributed by atoms with Crippen molar-refractivity contribution < 1.29 is 13.9 Å². The average molecular weight is 478 g/mol. The molecule has 0 radical (unpaired) electrons. The van der Waals surface area contributed by atoms with Crippen LogP contribution in [0.5, 0.6) is 0 Å². The molecule has 6 nitrogen and oxygen atoms in total. The minimum absolute atomic E-state index is 0.0679. The van der Waals surface area contributed by atoms with E-state index in [1.165, 1.54) is 17.8 Å². The van der Waals surface area contributed by atoms with Crippen molar-refractivity contribution in [3.8, 4) is 0 Å². The number of rotatable bonds is 7. The highest BCUT2D eigenvalue weighted by Crippen LogP contribution is 2.42. The van der Waals surface area contributed by atoms with Crippen LogP contribution in [-0.2, 0) is 0 Å². The van der Waals surface area contributed by atoms with Crippen LogP contribution in [0.1, 0.15) is 45.4 Å². The Morgan fingerprint density at radius 2 is 2.06 bits per heavy atom. The standard InChI is InChI=1S/C24H33F2N5OS/c1-3-14-9-13(12-28-14)16-11-21(32)17(10-18(16)25)23-29-30-24(33-23)31(15-7-8-15)20-6-4-5-19(27-2)22(20)26/h9-12,14-15,17,19-22,24,27,30,32H,3-8H2,1-2H3/t14?,17?,19-,20?,21?,22?,24?/m0/s1. The number of hydrazone groups is 1. The van der Waals surface area contributed by atoms with Crippen LogP contribution < -0.4 is 10.7 Å². The molecule has 0 aromatic heterocycles. The number of aliphatic imine (C=N–C) groups is 1. The summed E-state index contributed by atoms with van der Waals surface area (Å²) >= 11 is 1.48. The van der Waals surface area contributed by atoms with Crippen LogP contribution >= 0.6 is 11.8 Å². The monoisotopic (exact) mass is 477 g/mol. The predicted molar refractivity (Wildman–Crippen MR) is 130 cm³/mol. The lowest BCUT2D eigenvalue weighted by Gasteiger charge is -2.42. The van der Waals surface area contributed by atoms with Crippen molar-refractivity contribution in [2.75, 3.05) is 7.05 Å². The molecule has 9 heteroatoms. The van der Waals surface area contributed by atoms with E-state index < -0.39 is 18.2 Å². The number of hydrogen-bond donors (Lipinski definition) is 3. The molecule has 3 N–H and O–H groups in total. The van der Waals surface area contributed by atoms with E-state index in [1.54, 1.807) is 12.3 Å². The molecule has 5 aliphatic rings. The van der Waals surface area contributed by atoms with Gasteiger partial charge in [-0.05, 0) is 51.3 Å². The topological polar surface area (TPSA) is 72.2 Å². The van der Waals surface area contributed by atoms with Gasteiger partial charge in [-0.15, -0.1) is 0 Å². The van der Waals surface area contributed by atoms with E-state index in [-0.39, 0.29) is 29.5 Å². The maximum absolute atomic E-state index is 15.3. The van der Waals surface area contributed by atoms with Crippen LogP contribution in [0, 0.1) is 5.92 Å². The van der Waals surface area contributed by atoms with Gasteiger partial charge in [-0.25, -0.2) is 8.78 Å². The molecule has 2 fully saturated rings. The Bertz CT molecular complexity index is 915. The van der Waals surface area contributed by atoms with Gasteiger partial charge in [0.15, 0.2) is 0 Å². The summed E-state index contributed by atoms with van der Waals surface area (Å²) in [5, 5.41) is 19.1. The molecule has 0 aromatic carbocycles. The number of hydrogen-bond acceptors (Lipinski definition) is 7. The first-order chi connectivity index (χ1) is 16.0. The third kappa shape index (κ3) is 4.57. The van der Waals surface area contributed by atoms with Crippen molar-refractivity contribution in [3.63, 3.8) is 0 Å². The Morgan fingerprint density at radius 3 is 2.76 bits per heavy atom. The normalized spacial score (nSPS) is 38.7. The van der Waals surface area contributed by atoms with E-state index in [4.69, 9.17) is 0 Å². The van der Waals surface area contributed by atoms with Gasteiger partial charge >= 0.3 is 0 Å². The maximum atomic E-state index is 15.3. The third-order valence-corrected chi connectivity index (χ3v) is 8.53. The van der Waals surface area contributed by atoms with Crippen molar-refractivity contribution in [2.24, 2.45) is 16.0 Å². The van der Waals surface area contributed by atoms with E-state index in [2.05, 4.69) is 25.7 Å². The predicted octanol–water partition coefficient (Wildman–Crippen LogP) is 3.42. The molecular weight excluding hydrogens is 444 g/mol. The molecule has 33 heavy (non-hydrogen) atoms. The van der Waals surface area contributed by atoms with Gasteiger partial charge in [-0.3, -0.25) is 15.3 Å². The number of aliphatic hydroxyl groups excluding tert-OH is 1. The molecular formula is C24H33F2N5OS. The Labute approximate surface area is 198 Å². The summed E-state index contributed by atoms with van der Waals surface area (Å²) in [5.74, 6) is -0.922. The van der Waals surface area contributed by atoms with Crippen molar-refractivity contribution in [3.05, 3.63) is 35.2 Å². The lowest BCUT2D eigenvalue weighted by Crippen LogP contribution is -2.57. The molecule has 7 atom stereocenters. The quantitative estimate of drug-likeness (QED) is 0.524. The maximum Gasteiger partial charge on any atom is 0.150 e. The number of aliphatic hydroxyl groups is 1. The SMILES string of the molecule is CCC1C=C(C2=CC(O)C(C3=NNC(N(C4CC4)C4CCC[C@H](NC)C4F)S3)C=C2F)C=N1. The van der Waals surface area contributed by atoms with Gasteiger partial charge in [0.05, 0.1) is 18.1 Å². The van der Waals surface area contributed by atoms with Crippen LogP contribution in [0.4, 0.5) is 8.78 Å². The highest BCUT2D eigenvalue weighted by Gasteiger charge is 2.47. The zero-order valence-corrected chi connectivity index (χ0v) is 19.9. The fraction of sp³-hybridized carbons (Fsp3) is 0.667. The second kappa shape index (κ2) is 9.60. The van der Waals surface area contributed by atoms with E-state index in [0.717, 1.165) is 44.1 Å². The number of alkyl halides is 1. The molecule has 2 saturated carbocycles. The molecule has 0 spiro atoms. The number of nitrogens with zero attached hydrogens (tertiary/aromatic N) is 3. The van der Waals surface area contributed by atoms with Gasteiger partial charge in [-0.2, -0.15) is 5.10 Å². The highest BCUT2D eigenvalue weighted by molar-refractivity contribution is 8.14. The first-order valence-electron chi connectivity index (χ1n) is 12.1. The van der Waals surface area contributed by atoms with Crippen LogP contribution in [0.2, 0.25) is 0 Å².